The topological polar surface area (TPSA) is 108 Å². The first kappa shape index (κ1) is 22.2. The van der Waals surface area contributed by atoms with Crippen LogP contribution in [0.2, 0.25) is 0 Å². The molecule has 1 atom stereocenters. The van der Waals surface area contributed by atoms with Gasteiger partial charge in [0.25, 0.3) is 0 Å². The zero-order chi connectivity index (χ0) is 23.4. The lowest BCUT2D eigenvalue weighted by Crippen LogP contribution is -2.08. The monoisotopic (exact) mass is 465 g/mol. The predicted molar refractivity (Wildman–Crippen MR) is 122 cm³/mol. The number of rotatable bonds is 7. The molecule has 2 aromatic heterocycles. The first-order valence-electron chi connectivity index (χ1n) is 9.87. The summed E-state index contributed by atoms with van der Waals surface area (Å²) in [6, 6.07) is 13.1. The van der Waals surface area contributed by atoms with Crippen LogP contribution in [0.15, 0.2) is 66.0 Å². The minimum atomic E-state index is -1.37. The number of benzene rings is 2. The van der Waals surface area contributed by atoms with Crippen molar-refractivity contribution in [1.29, 1.82) is 0 Å². The molecule has 168 valence electrons. The van der Waals surface area contributed by atoms with Gasteiger partial charge in [0, 0.05) is 37.0 Å². The van der Waals surface area contributed by atoms with Gasteiger partial charge >= 0.3 is 0 Å². The van der Waals surface area contributed by atoms with E-state index in [1.807, 2.05) is 0 Å². The highest BCUT2D eigenvalue weighted by Crippen LogP contribution is 2.24. The molecule has 0 saturated heterocycles. The molecule has 9 nitrogen and oxygen atoms in total. The van der Waals surface area contributed by atoms with E-state index in [0.29, 0.717) is 10.8 Å². The Morgan fingerprint density at radius 2 is 1.82 bits per heavy atom. The maximum atomic E-state index is 13.2. The fourth-order valence-corrected chi connectivity index (χ4v) is 4.28. The lowest BCUT2D eigenvalue weighted by molar-refractivity contribution is -0.111. The normalized spacial score (nSPS) is 12.2. The molecule has 0 saturated carbocycles. The molecule has 1 amide bonds. The van der Waals surface area contributed by atoms with E-state index >= 15 is 0 Å². The maximum Gasteiger partial charge on any atom is 0.248 e. The fourth-order valence-electron chi connectivity index (χ4n) is 3.20. The Morgan fingerprint density at radius 3 is 2.48 bits per heavy atom. The molecule has 2 heterocycles. The van der Waals surface area contributed by atoms with Gasteiger partial charge in [-0.05, 0) is 58.5 Å². The summed E-state index contributed by atoms with van der Waals surface area (Å²) in [7, 11) is 2.04. The minimum Gasteiger partial charge on any atom is -0.323 e. The van der Waals surface area contributed by atoms with E-state index in [1.54, 1.807) is 67.4 Å². The molecule has 0 aliphatic heterocycles. The SMILES string of the molecule is Cn1nnnc1S(=O)Cc1ccc(NC(=O)C=Cc2cnn(C)c2-c2ccc(F)cc2)cc1. The van der Waals surface area contributed by atoms with Gasteiger partial charge in [0.1, 0.15) is 5.82 Å². The Kier molecular flexibility index (Phi) is 6.50. The highest BCUT2D eigenvalue weighted by atomic mass is 32.2. The third-order valence-electron chi connectivity index (χ3n) is 4.80. The van der Waals surface area contributed by atoms with Crippen LogP contribution in [-0.4, -0.2) is 40.1 Å². The van der Waals surface area contributed by atoms with Crippen LogP contribution in [-0.2, 0) is 35.4 Å². The number of hydrogen-bond donors (Lipinski definition) is 1. The van der Waals surface area contributed by atoms with Crippen molar-refractivity contribution in [3.8, 4) is 11.3 Å². The number of tetrazole rings is 1. The lowest BCUT2D eigenvalue weighted by atomic mass is 10.1. The molecule has 1 N–H and O–H groups in total. The number of aromatic nitrogens is 6. The molecule has 1 unspecified atom stereocenters. The average molecular weight is 466 g/mol. The van der Waals surface area contributed by atoms with Crippen molar-refractivity contribution >= 4 is 28.5 Å². The van der Waals surface area contributed by atoms with Crippen LogP contribution in [0.4, 0.5) is 10.1 Å². The Bertz CT molecular complexity index is 1330. The summed E-state index contributed by atoms with van der Waals surface area (Å²) in [5.41, 5.74) is 3.72. The van der Waals surface area contributed by atoms with Crippen molar-refractivity contribution in [2.45, 2.75) is 10.9 Å². The van der Waals surface area contributed by atoms with E-state index in [4.69, 9.17) is 0 Å². The van der Waals surface area contributed by atoms with Gasteiger partial charge in [-0.3, -0.25) is 13.7 Å². The molecule has 0 aliphatic carbocycles. The van der Waals surface area contributed by atoms with Crippen LogP contribution in [0.5, 0.6) is 0 Å². The number of nitrogens with zero attached hydrogens (tertiary/aromatic N) is 6. The van der Waals surface area contributed by atoms with Crippen LogP contribution in [0.1, 0.15) is 11.1 Å². The van der Waals surface area contributed by atoms with Gasteiger partial charge in [-0.2, -0.15) is 5.10 Å². The van der Waals surface area contributed by atoms with E-state index in [-0.39, 0.29) is 17.5 Å². The molecule has 4 rings (SSSR count). The number of halogens is 1. The second kappa shape index (κ2) is 9.65. The van der Waals surface area contributed by atoms with Gasteiger partial charge in [-0.15, -0.1) is 0 Å². The second-order valence-corrected chi connectivity index (χ2v) is 8.52. The lowest BCUT2D eigenvalue weighted by Gasteiger charge is -2.05. The summed E-state index contributed by atoms with van der Waals surface area (Å²) < 4.78 is 28.7. The molecule has 33 heavy (non-hydrogen) atoms. The molecule has 4 aromatic rings. The van der Waals surface area contributed by atoms with Crippen LogP contribution >= 0.6 is 0 Å². The number of anilines is 1. The van der Waals surface area contributed by atoms with Crippen LogP contribution in [0, 0.1) is 5.82 Å². The van der Waals surface area contributed by atoms with Gasteiger partial charge in [0.05, 0.1) is 28.4 Å². The predicted octanol–water partition coefficient (Wildman–Crippen LogP) is 2.71. The number of nitrogens with one attached hydrogen (secondary N) is 1. The molecule has 0 bridgehead atoms. The molecule has 0 spiro atoms. The van der Waals surface area contributed by atoms with E-state index < -0.39 is 10.8 Å². The molecular formula is C22H20FN7O2S. The first-order chi connectivity index (χ1) is 15.9. The summed E-state index contributed by atoms with van der Waals surface area (Å²) in [6.07, 6.45) is 4.71. The zero-order valence-corrected chi connectivity index (χ0v) is 18.7. The van der Waals surface area contributed by atoms with Crippen molar-refractivity contribution in [3.05, 3.63) is 77.7 Å². The second-order valence-electron chi connectivity index (χ2n) is 7.17. The van der Waals surface area contributed by atoms with Crippen molar-refractivity contribution in [1.82, 2.24) is 30.0 Å². The Hall–Kier alpha value is -3.99. The van der Waals surface area contributed by atoms with E-state index in [9.17, 15) is 13.4 Å². The van der Waals surface area contributed by atoms with Gasteiger partial charge in [0.15, 0.2) is 0 Å². The highest BCUT2D eigenvalue weighted by molar-refractivity contribution is 7.84. The molecule has 2 aromatic carbocycles. The van der Waals surface area contributed by atoms with Crippen molar-refractivity contribution < 1.29 is 13.4 Å². The fraction of sp³-hybridized carbons (Fsp3) is 0.136. The van der Waals surface area contributed by atoms with E-state index in [2.05, 4.69) is 25.9 Å². The Balaban J connectivity index is 1.40. The third-order valence-corrected chi connectivity index (χ3v) is 6.15. The summed E-state index contributed by atoms with van der Waals surface area (Å²) in [5, 5.41) is 18.3. The summed E-state index contributed by atoms with van der Waals surface area (Å²) >= 11 is 0. The Labute approximate surface area is 191 Å². The number of hydrogen-bond acceptors (Lipinski definition) is 6. The quantitative estimate of drug-likeness (QED) is 0.421. The van der Waals surface area contributed by atoms with Gasteiger partial charge in [0.2, 0.25) is 11.1 Å². The van der Waals surface area contributed by atoms with Gasteiger partial charge in [-0.25, -0.2) is 9.07 Å². The molecule has 0 aliphatic rings. The van der Waals surface area contributed by atoms with Crippen LogP contribution in [0.3, 0.4) is 0 Å². The van der Waals surface area contributed by atoms with E-state index in [0.717, 1.165) is 22.4 Å². The summed E-state index contributed by atoms with van der Waals surface area (Å²) in [4.78, 5) is 12.4. The largest absolute Gasteiger partial charge is 0.323 e. The maximum absolute atomic E-state index is 13.2. The smallest absolute Gasteiger partial charge is 0.248 e. The zero-order valence-electron chi connectivity index (χ0n) is 17.8. The Morgan fingerprint density at radius 1 is 1.09 bits per heavy atom. The number of aryl methyl sites for hydroxylation is 2. The summed E-state index contributed by atoms with van der Waals surface area (Å²) in [6.45, 7) is 0. The van der Waals surface area contributed by atoms with Crippen molar-refractivity contribution in [3.63, 3.8) is 0 Å². The van der Waals surface area contributed by atoms with Gasteiger partial charge in [-0.1, -0.05) is 17.2 Å². The molecule has 0 radical (unpaired) electrons. The first-order valence-corrected chi connectivity index (χ1v) is 11.2. The number of carbonyl (C=O) groups is 1. The van der Waals surface area contributed by atoms with Crippen molar-refractivity contribution in [2.75, 3.05) is 5.32 Å². The number of carbonyl (C=O) groups excluding carboxylic acids is 1. The third kappa shape index (κ3) is 5.26. The van der Waals surface area contributed by atoms with Crippen molar-refractivity contribution in [2.24, 2.45) is 14.1 Å². The van der Waals surface area contributed by atoms with Crippen LogP contribution < -0.4 is 5.32 Å². The molecule has 11 heteroatoms. The molecular weight excluding hydrogens is 445 g/mol. The minimum absolute atomic E-state index is 0.259. The average Bonchev–Trinajstić information content (AvgIpc) is 3.39. The molecule has 0 fully saturated rings. The summed E-state index contributed by atoms with van der Waals surface area (Å²) in [5.74, 6) is -0.374. The van der Waals surface area contributed by atoms with Crippen LogP contribution in [0.25, 0.3) is 17.3 Å². The van der Waals surface area contributed by atoms with E-state index in [1.165, 1.54) is 22.9 Å². The standard InChI is InChI=1S/C22H20FN7O2S/c1-29-21(16-5-8-18(23)9-6-16)17(13-24-29)7-12-20(31)25-19-10-3-15(4-11-19)14-33(32)22-26-27-28-30(22)2/h3-13H,14H2,1-2H3,(H,25,31). The highest BCUT2D eigenvalue weighted by Gasteiger charge is 2.12. The van der Waals surface area contributed by atoms with Gasteiger partial charge < -0.3 is 5.32 Å². The number of amides is 1.